The van der Waals surface area contributed by atoms with Gasteiger partial charge < -0.3 is 10.2 Å². The van der Waals surface area contributed by atoms with Gasteiger partial charge in [0.1, 0.15) is 0 Å². The van der Waals surface area contributed by atoms with Crippen molar-refractivity contribution in [2.45, 2.75) is 6.54 Å². The normalized spacial score (nSPS) is 17.6. The molecule has 9 heteroatoms. The molecule has 0 bridgehead atoms. The van der Waals surface area contributed by atoms with Crippen LogP contribution in [0.2, 0.25) is 5.02 Å². The summed E-state index contributed by atoms with van der Waals surface area (Å²) in [6.07, 6.45) is 0. The largest absolute Gasteiger partial charge is 0.355 e. The molecule has 0 saturated carbocycles. The highest BCUT2D eigenvalue weighted by molar-refractivity contribution is 14.0. The van der Waals surface area contributed by atoms with E-state index in [1.807, 2.05) is 36.2 Å². The summed E-state index contributed by atoms with van der Waals surface area (Å²) in [4.78, 5) is 8.47. The minimum Gasteiger partial charge on any atom is -0.355 e. The van der Waals surface area contributed by atoms with Crippen molar-refractivity contribution in [2.75, 3.05) is 51.8 Å². The highest BCUT2D eigenvalue weighted by Gasteiger charge is 2.21. The fraction of sp³-hybridized carbons (Fsp3) is 0.562. The highest BCUT2D eigenvalue weighted by atomic mass is 127. The lowest BCUT2D eigenvalue weighted by molar-refractivity contribution is 0.298. The Hall–Kier alpha value is -0.580. The number of nitrogens with zero attached hydrogens (tertiary/aromatic N) is 3. The number of hydrogen-bond donors (Lipinski definition) is 1. The van der Waals surface area contributed by atoms with Crippen LogP contribution in [0.4, 0.5) is 0 Å². The van der Waals surface area contributed by atoms with E-state index < -0.39 is 9.84 Å². The van der Waals surface area contributed by atoms with Gasteiger partial charge in [-0.05, 0) is 11.6 Å². The monoisotopic (exact) mass is 500 g/mol. The van der Waals surface area contributed by atoms with Crippen LogP contribution >= 0.6 is 35.6 Å². The quantitative estimate of drug-likeness (QED) is 0.379. The Labute approximate surface area is 172 Å². The second kappa shape index (κ2) is 10.5. The maximum atomic E-state index is 11.4. The van der Waals surface area contributed by atoms with Gasteiger partial charge in [0.25, 0.3) is 0 Å². The summed E-state index contributed by atoms with van der Waals surface area (Å²) >= 11 is 6.20. The number of rotatable bonds is 5. The van der Waals surface area contributed by atoms with Crippen LogP contribution in [0.3, 0.4) is 0 Å². The number of halogens is 2. The van der Waals surface area contributed by atoms with Gasteiger partial charge in [0.15, 0.2) is 15.8 Å². The number of benzene rings is 1. The molecule has 1 fully saturated rings. The predicted molar refractivity (Wildman–Crippen MR) is 115 cm³/mol. The molecule has 0 aliphatic carbocycles. The molecule has 1 aromatic rings. The van der Waals surface area contributed by atoms with E-state index in [4.69, 9.17) is 11.6 Å². The molecule has 1 N–H and O–H groups in total. The number of hydrogen-bond acceptors (Lipinski definition) is 4. The molecular formula is C16H26ClIN4O2S. The van der Waals surface area contributed by atoms with Gasteiger partial charge in [0, 0.05) is 51.8 Å². The molecule has 0 spiro atoms. The van der Waals surface area contributed by atoms with Gasteiger partial charge >= 0.3 is 0 Å². The maximum absolute atomic E-state index is 11.4. The second-order valence-electron chi connectivity index (χ2n) is 5.91. The smallest absolute Gasteiger partial charge is 0.193 e. The Balaban J connectivity index is 0.00000312. The van der Waals surface area contributed by atoms with Crippen LogP contribution in [0.1, 0.15) is 5.56 Å². The Bertz CT molecular complexity index is 670. The minimum absolute atomic E-state index is 0. The molecule has 1 aliphatic heterocycles. The molecule has 1 aromatic carbocycles. The maximum Gasteiger partial charge on any atom is 0.193 e. The van der Waals surface area contributed by atoms with Crippen molar-refractivity contribution in [1.29, 1.82) is 0 Å². The molecule has 1 aliphatic rings. The molecule has 1 saturated heterocycles. The van der Waals surface area contributed by atoms with Crippen LogP contribution in [0, 0.1) is 0 Å². The number of aliphatic imine (C=N–C) groups is 1. The summed E-state index contributed by atoms with van der Waals surface area (Å²) in [5, 5.41) is 4.06. The third-order valence-electron chi connectivity index (χ3n) is 4.09. The average molecular weight is 501 g/mol. The summed E-state index contributed by atoms with van der Waals surface area (Å²) < 4.78 is 22.9. The molecule has 0 aromatic heterocycles. The fourth-order valence-electron chi connectivity index (χ4n) is 2.64. The lowest BCUT2D eigenvalue weighted by Crippen LogP contribution is -2.46. The molecule has 0 radical (unpaired) electrons. The van der Waals surface area contributed by atoms with E-state index >= 15 is 0 Å². The van der Waals surface area contributed by atoms with Crippen LogP contribution < -0.4 is 5.32 Å². The van der Waals surface area contributed by atoms with Crippen LogP contribution in [0.5, 0.6) is 0 Å². The Kier molecular flexibility index (Phi) is 9.47. The van der Waals surface area contributed by atoms with Gasteiger partial charge in [-0.3, -0.25) is 9.89 Å². The topological polar surface area (TPSA) is 65.0 Å². The first kappa shape index (κ1) is 22.5. The average Bonchev–Trinajstić information content (AvgIpc) is 2.55. The van der Waals surface area contributed by atoms with Gasteiger partial charge in [0.05, 0.1) is 11.5 Å². The van der Waals surface area contributed by atoms with Crippen molar-refractivity contribution in [2.24, 2.45) is 4.99 Å². The Morgan fingerprint density at radius 1 is 1.32 bits per heavy atom. The molecule has 6 nitrogen and oxygen atoms in total. The standard InChI is InChI=1S/C16H25ClN4O2S.HI/c1-18-16(20(2)13-14-5-3-4-6-15(14)17)19-7-8-21-9-11-24(22,23)12-10-21;/h3-6H,7-13H2,1-2H3,(H,18,19);1H. The van der Waals surface area contributed by atoms with Crippen molar-refractivity contribution in [3.8, 4) is 0 Å². The van der Waals surface area contributed by atoms with Crippen molar-refractivity contribution in [3.05, 3.63) is 34.9 Å². The first-order valence-corrected chi connectivity index (χ1v) is 10.2. The molecule has 0 atom stereocenters. The lowest BCUT2D eigenvalue weighted by Gasteiger charge is -2.28. The predicted octanol–water partition coefficient (Wildman–Crippen LogP) is 1.70. The van der Waals surface area contributed by atoms with E-state index in [0.29, 0.717) is 19.6 Å². The Morgan fingerprint density at radius 2 is 1.96 bits per heavy atom. The van der Waals surface area contributed by atoms with Gasteiger partial charge in [-0.15, -0.1) is 24.0 Å². The van der Waals surface area contributed by atoms with E-state index in [9.17, 15) is 8.42 Å². The van der Waals surface area contributed by atoms with Crippen LogP contribution in [-0.2, 0) is 16.4 Å². The van der Waals surface area contributed by atoms with Crippen molar-refractivity contribution < 1.29 is 8.42 Å². The molecule has 25 heavy (non-hydrogen) atoms. The van der Waals surface area contributed by atoms with E-state index in [1.165, 1.54) is 0 Å². The van der Waals surface area contributed by atoms with E-state index in [1.54, 1.807) is 7.05 Å². The summed E-state index contributed by atoms with van der Waals surface area (Å²) in [5.41, 5.74) is 1.05. The third kappa shape index (κ3) is 7.28. The zero-order valence-electron chi connectivity index (χ0n) is 14.6. The fourth-order valence-corrected chi connectivity index (χ4v) is 4.11. The lowest BCUT2D eigenvalue weighted by atomic mass is 10.2. The van der Waals surface area contributed by atoms with E-state index in [2.05, 4.69) is 15.2 Å². The zero-order chi connectivity index (χ0) is 17.6. The molecule has 1 heterocycles. The first-order valence-electron chi connectivity index (χ1n) is 7.99. The van der Waals surface area contributed by atoms with Crippen LogP contribution in [0.15, 0.2) is 29.3 Å². The molecular weight excluding hydrogens is 475 g/mol. The molecule has 0 amide bonds. The van der Waals surface area contributed by atoms with Crippen LogP contribution in [0.25, 0.3) is 0 Å². The molecule has 0 unspecified atom stereocenters. The third-order valence-corrected chi connectivity index (χ3v) is 6.06. The first-order chi connectivity index (χ1) is 11.4. The van der Waals surface area contributed by atoms with E-state index in [0.717, 1.165) is 29.6 Å². The molecule has 142 valence electrons. The number of sulfone groups is 1. The van der Waals surface area contributed by atoms with E-state index in [-0.39, 0.29) is 35.5 Å². The Morgan fingerprint density at radius 3 is 2.56 bits per heavy atom. The summed E-state index contributed by atoms with van der Waals surface area (Å²) in [5.74, 6) is 1.31. The number of guanidine groups is 1. The molecule has 2 rings (SSSR count). The van der Waals surface area contributed by atoms with Crippen molar-refractivity contribution in [1.82, 2.24) is 15.1 Å². The summed E-state index contributed by atoms with van der Waals surface area (Å²) in [7, 11) is 0.893. The summed E-state index contributed by atoms with van der Waals surface area (Å²) in [6.45, 7) is 3.41. The zero-order valence-corrected chi connectivity index (χ0v) is 18.5. The van der Waals surface area contributed by atoms with Crippen molar-refractivity contribution in [3.63, 3.8) is 0 Å². The number of nitrogens with one attached hydrogen (secondary N) is 1. The van der Waals surface area contributed by atoms with Crippen LogP contribution in [-0.4, -0.2) is 76.0 Å². The summed E-state index contributed by atoms with van der Waals surface area (Å²) in [6, 6.07) is 7.76. The van der Waals surface area contributed by atoms with Crippen molar-refractivity contribution >= 4 is 51.4 Å². The van der Waals surface area contributed by atoms with Gasteiger partial charge in [-0.2, -0.15) is 0 Å². The van der Waals surface area contributed by atoms with Gasteiger partial charge in [0.2, 0.25) is 0 Å². The van der Waals surface area contributed by atoms with Gasteiger partial charge in [-0.1, -0.05) is 29.8 Å². The SMILES string of the molecule is CN=C(NCCN1CCS(=O)(=O)CC1)N(C)Cc1ccccc1Cl.I. The highest BCUT2D eigenvalue weighted by Crippen LogP contribution is 2.16. The minimum atomic E-state index is -2.82. The second-order valence-corrected chi connectivity index (χ2v) is 8.63. The van der Waals surface area contributed by atoms with Gasteiger partial charge in [-0.25, -0.2) is 8.42 Å².